The van der Waals surface area contributed by atoms with Crippen molar-refractivity contribution in [3.05, 3.63) is 72.6 Å². The summed E-state index contributed by atoms with van der Waals surface area (Å²) < 4.78 is 3.27. The Kier molecular flexibility index (Phi) is 5.90. The molecule has 4 rings (SSSR count). The van der Waals surface area contributed by atoms with Crippen molar-refractivity contribution >= 4 is 51.2 Å². The molecule has 0 aliphatic heterocycles. The van der Waals surface area contributed by atoms with Crippen LogP contribution >= 0.6 is 34.5 Å². The third-order valence-corrected chi connectivity index (χ3v) is 6.07. The maximum atomic E-state index is 11.2. The zero-order valence-electron chi connectivity index (χ0n) is 16.4. The average molecular weight is 479 g/mol. The fourth-order valence-corrected chi connectivity index (χ4v) is 4.32. The monoisotopic (exact) mass is 478 g/mol. The molecule has 10 nitrogen and oxygen atoms in total. The van der Waals surface area contributed by atoms with Crippen LogP contribution in [-0.2, 0) is 13.1 Å². The summed E-state index contributed by atoms with van der Waals surface area (Å²) in [5.41, 5.74) is 1.66. The Labute approximate surface area is 190 Å². The first-order valence-electron chi connectivity index (χ1n) is 9.06. The van der Waals surface area contributed by atoms with Crippen LogP contribution in [0.2, 0.25) is 10.0 Å². The highest BCUT2D eigenvalue weighted by Crippen LogP contribution is 2.27. The van der Waals surface area contributed by atoms with Crippen LogP contribution in [0, 0.1) is 24.0 Å². The number of aromatic nitrogens is 6. The number of benzene rings is 1. The zero-order chi connectivity index (χ0) is 22.1. The molecular formula is C18H16Cl2N8O2S. The van der Waals surface area contributed by atoms with Gasteiger partial charge in [-0.2, -0.15) is 10.2 Å². The van der Waals surface area contributed by atoms with Gasteiger partial charge in [-0.3, -0.25) is 19.5 Å². The van der Waals surface area contributed by atoms with Gasteiger partial charge in [0.05, 0.1) is 18.0 Å². The van der Waals surface area contributed by atoms with Crippen molar-refractivity contribution in [2.75, 3.05) is 5.32 Å². The maximum absolute atomic E-state index is 11.2. The smallest absolute Gasteiger partial charge is 0.312 e. The SMILES string of the molecule is Cc1nn(Cc2nnc(Nc3ccn(Cc4c(Cl)cccc4Cl)n3)s2)c(C)c1[N+](=O)[O-]. The van der Waals surface area contributed by atoms with E-state index in [-0.39, 0.29) is 5.69 Å². The summed E-state index contributed by atoms with van der Waals surface area (Å²) in [6, 6.07) is 7.16. The Hall–Kier alpha value is -3.02. The van der Waals surface area contributed by atoms with Gasteiger partial charge < -0.3 is 5.32 Å². The number of halogens is 2. The van der Waals surface area contributed by atoms with Crippen LogP contribution in [-0.4, -0.2) is 34.7 Å². The van der Waals surface area contributed by atoms with Gasteiger partial charge in [0.2, 0.25) is 5.13 Å². The van der Waals surface area contributed by atoms with Crippen LogP contribution in [0.1, 0.15) is 22.0 Å². The van der Waals surface area contributed by atoms with E-state index in [2.05, 4.69) is 25.7 Å². The van der Waals surface area contributed by atoms with Crippen molar-refractivity contribution in [2.45, 2.75) is 26.9 Å². The lowest BCUT2D eigenvalue weighted by molar-refractivity contribution is -0.386. The van der Waals surface area contributed by atoms with E-state index in [0.29, 0.717) is 50.5 Å². The molecule has 0 radical (unpaired) electrons. The standard InChI is InChI=1S/C18H16Cl2N8O2S/c1-10-17(28(29)30)11(2)27(24-10)9-16-22-23-18(31-16)21-15-6-7-26(25-15)8-12-13(19)4-3-5-14(12)20/h3-7H,8-9H2,1-2H3,(H,21,23,25). The van der Waals surface area contributed by atoms with Gasteiger partial charge in [0.1, 0.15) is 16.4 Å². The first kappa shape index (κ1) is 21.2. The van der Waals surface area contributed by atoms with Gasteiger partial charge in [-0.05, 0) is 26.0 Å². The number of hydrogen-bond acceptors (Lipinski definition) is 8. The lowest BCUT2D eigenvalue weighted by Gasteiger charge is -2.06. The van der Waals surface area contributed by atoms with E-state index < -0.39 is 4.92 Å². The van der Waals surface area contributed by atoms with Crippen molar-refractivity contribution in [3.8, 4) is 0 Å². The van der Waals surface area contributed by atoms with E-state index in [1.807, 2.05) is 0 Å². The summed E-state index contributed by atoms with van der Waals surface area (Å²) in [7, 11) is 0. The van der Waals surface area contributed by atoms with Crippen LogP contribution < -0.4 is 5.32 Å². The molecule has 0 spiro atoms. The van der Waals surface area contributed by atoms with Crippen molar-refractivity contribution in [3.63, 3.8) is 0 Å². The molecule has 0 aliphatic rings. The molecule has 0 saturated carbocycles. The second kappa shape index (κ2) is 8.61. The number of anilines is 2. The number of nitrogens with one attached hydrogen (secondary N) is 1. The molecule has 1 N–H and O–H groups in total. The minimum atomic E-state index is -0.423. The van der Waals surface area contributed by atoms with Crippen LogP contribution in [0.3, 0.4) is 0 Å². The number of aryl methyl sites for hydroxylation is 1. The summed E-state index contributed by atoms with van der Waals surface area (Å²) >= 11 is 13.8. The third-order valence-electron chi connectivity index (χ3n) is 4.54. The van der Waals surface area contributed by atoms with E-state index in [0.717, 1.165) is 5.56 Å². The summed E-state index contributed by atoms with van der Waals surface area (Å²) in [6.07, 6.45) is 1.80. The molecule has 0 aliphatic carbocycles. The fraction of sp³-hybridized carbons (Fsp3) is 0.222. The van der Waals surface area contributed by atoms with E-state index in [4.69, 9.17) is 23.2 Å². The normalized spacial score (nSPS) is 11.1. The Bertz CT molecular complexity index is 1250. The highest BCUT2D eigenvalue weighted by atomic mass is 35.5. The molecule has 0 fully saturated rings. The minimum Gasteiger partial charge on any atom is -0.313 e. The van der Waals surface area contributed by atoms with E-state index in [1.54, 1.807) is 53.7 Å². The molecule has 0 atom stereocenters. The van der Waals surface area contributed by atoms with E-state index in [1.165, 1.54) is 11.3 Å². The van der Waals surface area contributed by atoms with E-state index in [9.17, 15) is 10.1 Å². The zero-order valence-corrected chi connectivity index (χ0v) is 18.7. The molecule has 3 aromatic heterocycles. The number of rotatable bonds is 7. The number of nitro groups is 1. The molecule has 1 aromatic carbocycles. The quantitative estimate of drug-likeness (QED) is 0.304. The molecule has 0 unspecified atom stereocenters. The second-order valence-corrected chi connectivity index (χ2v) is 8.54. The van der Waals surface area contributed by atoms with Crippen molar-refractivity contribution < 1.29 is 4.92 Å². The molecule has 3 heterocycles. The van der Waals surface area contributed by atoms with Gasteiger partial charge in [-0.15, -0.1) is 10.2 Å². The molecule has 4 aromatic rings. The molecule has 0 amide bonds. The second-order valence-electron chi connectivity index (χ2n) is 6.66. The van der Waals surface area contributed by atoms with Crippen LogP contribution in [0.15, 0.2) is 30.5 Å². The van der Waals surface area contributed by atoms with Crippen molar-refractivity contribution in [1.29, 1.82) is 0 Å². The van der Waals surface area contributed by atoms with Gasteiger partial charge in [0.25, 0.3) is 0 Å². The molecule has 0 saturated heterocycles. The lowest BCUT2D eigenvalue weighted by Crippen LogP contribution is -2.04. The first-order chi connectivity index (χ1) is 14.8. The molecular weight excluding hydrogens is 463 g/mol. The topological polar surface area (TPSA) is 117 Å². The Balaban J connectivity index is 1.44. The van der Waals surface area contributed by atoms with Crippen LogP contribution in [0.25, 0.3) is 0 Å². The summed E-state index contributed by atoms with van der Waals surface area (Å²) in [5, 5.41) is 33.6. The fourth-order valence-electron chi connectivity index (χ4n) is 3.07. The molecule has 31 heavy (non-hydrogen) atoms. The van der Waals surface area contributed by atoms with Gasteiger partial charge in [0, 0.05) is 27.9 Å². The Morgan fingerprint density at radius 1 is 1.13 bits per heavy atom. The van der Waals surface area contributed by atoms with Crippen molar-refractivity contribution in [2.24, 2.45) is 0 Å². The predicted octanol–water partition coefficient (Wildman–Crippen LogP) is 4.60. The highest BCUT2D eigenvalue weighted by molar-refractivity contribution is 7.15. The van der Waals surface area contributed by atoms with Crippen LogP contribution in [0.4, 0.5) is 16.6 Å². The number of hydrogen-bond donors (Lipinski definition) is 1. The maximum Gasteiger partial charge on any atom is 0.312 e. The first-order valence-corrected chi connectivity index (χ1v) is 10.6. The Morgan fingerprint density at radius 3 is 2.55 bits per heavy atom. The van der Waals surface area contributed by atoms with Crippen LogP contribution in [0.5, 0.6) is 0 Å². The van der Waals surface area contributed by atoms with Gasteiger partial charge in [-0.1, -0.05) is 40.6 Å². The Morgan fingerprint density at radius 2 is 1.87 bits per heavy atom. The molecule has 160 valence electrons. The molecule has 13 heteroatoms. The summed E-state index contributed by atoms with van der Waals surface area (Å²) in [5.74, 6) is 0.590. The number of nitrogens with zero attached hydrogens (tertiary/aromatic N) is 7. The van der Waals surface area contributed by atoms with Crippen molar-refractivity contribution in [1.82, 2.24) is 29.8 Å². The largest absolute Gasteiger partial charge is 0.313 e. The average Bonchev–Trinajstić information content (AvgIpc) is 3.40. The lowest BCUT2D eigenvalue weighted by atomic mass is 10.2. The van der Waals surface area contributed by atoms with Gasteiger partial charge in [0.15, 0.2) is 5.82 Å². The predicted molar refractivity (Wildman–Crippen MR) is 118 cm³/mol. The van der Waals surface area contributed by atoms with Gasteiger partial charge >= 0.3 is 5.69 Å². The van der Waals surface area contributed by atoms with E-state index >= 15 is 0 Å². The summed E-state index contributed by atoms with van der Waals surface area (Å²) in [6.45, 7) is 3.99. The minimum absolute atomic E-state index is 0.0204. The third kappa shape index (κ3) is 4.53. The summed E-state index contributed by atoms with van der Waals surface area (Å²) in [4.78, 5) is 10.7. The molecule has 0 bridgehead atoms. The van der Waals surface area contributed by atoms with Gasteiger partial charge in [-0.25, -0.2) is 0 Å². The highest BCUT2D eigenvalue weighted by Gasteiger charge is 2.22.